The van der Waals surface area contributed by atoms with Gasteiger partial charge in [-0.1, -0.05) is 26.2 Å². The van der Waals surface area contributed by atoms with E-state index in [1.807, 2.05) is 24.3 Å². The minimum Gasteiger partial charge on any atom is -0.497 e. The quantitative estimate of drug-likeness (QED) is 0.584. The van der Waals surface area contributed by atoms with Gasteiger partial charge in [0.25, 0.3) is 0 Å². The summed E-state index contributed by atoms with van der Waals surface area (Å²) < 4.78 is 5.10. The maximum Gasteiger partial charge on any atom is 0.170 e. The predicted octanol–water partition coefficient (Wildman–Crippen LogP) is 3.56. The Morgan fingerprint density at radius 2 is 1.89 bits per heavy atom. The smallest absolute Gasteiger partial charge is 0.170 e. The van der Waals surface area contributed by atoms with Crippen LogP contribution in [0.3, 0.4) is 0 Å². The van der Waals surface area contributed by atoms with Gasteiger partial charge >= 0.3 is 0 Å². The maximum atomic E-state index is 5.22. The molecule has 1 aromatic carbocycles. The zero-order valence-corrected chi connectivity index (χ0v) is 12.0. The molecule has 0 radical (unpaired) electrons. The van der Waals surface area contributed by atoms with Crippen LogP contribution in [0.1, 0.15) is 32.6 Å². The Hall–Kier alpha value is -1.29. The van der Waals surface area contributed by atoms with E-state index < -0.39 is 0 Å². The molecule has 0 spiro atoms. The minimum absolute atomic E-state index is 0.677. The van der Waals surface area contributed by atoms with E-state index in [-0.39, 0.29) is 0 Å². The van der Waals surface area contributed by atoms with Crippen LogP contribution in [-0.2, 0) is 0 Å². The number of nitrogens with one attached hydrogen (secondary N) is 2. The molecule has 4 heteroatoms. The number of thiocarbonyl (C=S) groups is 1. The average Bonchev–Trinajstić information content (AvgIpc) is 2.39. The molecule has 100 valence electrons. The van der Waals surface area contributed by atoms with Crippen molar-refractivity contribution in [3.05, 3.63) is 24.3 Å². The molecule has 0 heterocycles. The molecule has 0 atom stereocenters. The lowest BCUT2D eigenvalue weighted by Crippen LogP contribution is -2.29. The second-order valence-corrected chi connectivity index (χ2v) is 4.58. The van der Waals surface area contributed by atoms with Crippen molar-refractivity contribution in [2.75, 3.05) is 19.0 Å². The normalized spacial score (nSPS) is 9.89. The molecule has 0 fully saturated rings. The first kappa shape index (κ1) is 14.8. The topological polar surface area (TPSA) is 33.3 Å². The molecule has 18 heavy (non-hydrogen) atoms. The highest BCUT2D eigenvalue weighted by Crippen LogP contribution is 2.14. The van der Waals surface area contributed by atoms with E-state index in [2.05, 4.69) is 17.6 Å². The minimum atomic E-state index is 0.677. The fourth-order valence-electron chi connectivity index (χ4n) is 1.60. The van der Waals surface area contributed by atoms with Gasteiger partial charge in [-0.05, 0) is 42.9 Å². The van der Waals surface area contributed by atoms with Crippen molar-refractivity contribution in [1.29, 1.82) is 0 Å². The van der Waals surface area contributed by atoms with Crippen molar-refractivity contribution in [1.82, 2.24) is 5.32 Å². The molecule has 2 N–H and O–H groups in total. The third-order valence-electron chi connectivity index (χ3n) is 2.66. The molecule has 0 aliphatic heterocycles. The number of hydrogen-bond donors (Lipinski definition) is 2. The second-order valence-electron chi connectivity index (χ2n) is 4.17. The first-order valence-corrected chi connectivity index (χ1v) is 6.86. The van der Waals surface area contributed by atoms with Crippen molar-refractivity contribution in [2.45, 2.75) is 32.6 Å². The monoisotopic (exact) mass is 266 g/mol. The lowest BCUT2D eigenvalue weighted by atomic mass is 10.2. The lowest BCUT2D eigenvalue weighted by Gasteiger charge is -2.10. The van der Waals surface area contributed by atoms with Gasteiger partial charge in [-0.2, -0.15) is 0 Å². The van der Waals surface area contributed by atoms with Gasteiger partial charge in [0.2, 0.25) is 0 Å². The SMILES string of the molecule is CCCCCCNC(=S)Nc1ccc(OC)cc1. The predicted molar refractivity (Wildman–Crippen MR) is 81.4 cm³/mol. The zero-order chi connectivity index (χ0) is 13.2. The van der Waals surface area contributed by atoms with E-state index in [0.29, 0.717) is 5.11 Å². The summed E-state index contributed by atoms with van der Waals surface area (Å²) in [5.74, 6) is 0.846. The highest BCUT2D eigenvalue weighted by atomic mass is 32.1. The van der Waals surface area contributed by atoms with Crippen LogP contribution in [0.2, 0.25) is 0 Å². The fourth-order valence-corrected chi connectivity index (χ4v) is 1.82. The van der Waals surface area contributed by atoms with Crippen LogP contribution in [0.25, 0.3) is 0 Å². The van der Waals surface area contributed by atoms with Crippen molar-refractivity contribution in [3.63, 3.8) is 0 Å². The Labute approximate surface area is 115 Å². The molecule has 0 aliphatic rings. The van der Waals surface area contributed by atoms with Gasteiger partial charge in [-0.3, -0.25) is 0 Å². The van der Waals surface area contributed by atoms with E-state index in [0.717, 1.165) is 24.4 Å². The summed E-state index contributed by atoms with van der Waals surface area (Å²) in [7, 11) is 1.66. The molecule has 0 saturated heterocycles. The van der Waals surface area contributed by atoms with Gasteiger partial charge in [0.1, 0.15) is 5.75 Å². The molecule has 0 saturated carbocycles. The van der Waals surface area contributed by atoms with Crippen LogP contribution in [-0.4, -0.2) is 18.8 Å². The Kier molecular flexibility index (Phi) is 7.18. The van der Waals surface area contributed by atoms with Crippen LogP contribution in [0.5, 0.6) is 5.75 Å². The highest BCUT2D eigenvalue weighted by Gasteiger charge is 1.97. The molecule has 0 amide bonds. The van der Waals surface area contributed by atoms with E-state index in [1.54, 1.807) is 7.11 Å². The third kappa shape index (κ3) is 5.87. The molecule has 0 aromatic heterocycles. The molecule has 0 unspecified atom stereocenters. The van der Waals surface area contributed by atoms with Crippen molar-refractivity contribution in [2.24, 2.45) is 0 Å². The van der Waals surface area contributed by atoms with Crippen LogP contribution in [0.4, 0.5) is 5.69 Å². The summed E-state index contributed by atoms with van der Waals surface area (Å²) in [6, 6.07) is 7.71. The van der Waals surface area contributed by atoms with Gasteiger partial charge in [0, 0.05) is 12.2 Å². The van der Waals surface area contributed by atoms with Crippen LogP contribution in [0.15, 0.2) is 24.3 Å². The summed E-state index contributed by atoms with van der Waals surface area (Å²) in [6.07, 6.45) is 4.97. The number of methoxy groups -OCH3 is 1. The second kappa shape index (κ2) is 8.75. The molecule has 1 rings (SSSR count). The number of benzene rings is 1. The molecule has 0 aliphatic carbocycles. The van der Waals surface area contributed by atoms with Gasteiger partial charge in [0.05, 0.1) is 7.11 Å². The number of anilines is 1. The third-order valence-corrected chi connectivity index (χ3v) is 2.91. The van der Waals surface area contributed by atoms with Crippen molar-refractivity contribution < 1.29 is 4.74 Å². The summed E-state index contributed by atoms with van der Waals surface area (Å²) in [5.41, 5.74) is 0.974. The van der Waals surface area contributed by atoms with Gasteiger partial charge < -0.3 is 15.4 Å². The first-order valence-electron chi connectivity index (χ1n) is 6.45. The Morgan fingerprint density at radius 3 is 2.50 bits per heavy atom. The van der Waals surface area contributed by atoms with Crippen molar-refractivity contribution in [3.8, 4) is 5.75 Å². The fraction of sp³-hybridized carbons (Fsp3) is 0.500. The average molecular weight is 266 g/mol. The summed E-state index contributed by atoms with van der Waals surface area (Å²) >= 11 is 5.22. The van der Waals surface area contributed by atoms with E-state index >= 15 is 0 Å². The number of unbranched alkanes of at least 4 members (excludes halogenated alkanes) is 3. The number of rotatable bonds is 7. The van der Waals surface area contributed by atoms with E-state index in [1.165, 1.54) is 19.3 Å². The lowest BCUT2D eigenvalue weighted by molar-refractivity contribution is 0.415. The van der Waals surface area contributed by atoms with Crippen LogP contribution < -0.4 is 15.4 Å². The Bertz CT molecular complexity index is 351. The largest absolute Gasteiger partial charge is 0.497 e. The summed E-state index contributed by atoms with van der Waals surface area (Å²) in [5, 5.41) is 7.03. The van der Waals surface area contributed by atoms with Crippen LogP contribution >= 0.6 is 12.2 Å². The Morgan fingerprint density at radius 1 is 1.17 bits per heavy atom. The first-order chi connectivity index (χ1) is 8.76. The molecular weight excluding hydrogens is 244 g/mol. The van der Waals surface area contributed by atoms with Gasteiger partial charge in [-0.25, -0.2) is 0 Å². The number of hydrogen-bond acceptors (Lipinski definition) is 2. The molecule has 3 nitrogen and oxygen atoms in total. The Balaban J connectivity index is 2.22. The van der Waals surface area contributed by atoms with Crippen molar-refractivity contribution >= 4 is 23.0 Å². The number of ether oxygens (including phenoxy) is 1. The summed E-state index contributed by atoms with van der Waals surface area (Å²) in [6.45, 7) is 3.14. The van der Waals surface area contributed by atoms with Crippen LogP contribution in [0, 0.1) is 0 Å². The maximum absolute atomic E-state index is 5.22. The van der Waals surface area contributed by atoms with E-state index in [4.69, 9.17) is 17.0 Å². The van der Waals surface area contributed by atoms with E-state index in [9.17, 15) is 0 Å². The molecule has 0 bridgehead atoms. The molecular formula is C14H22N2OS. The standard InChI is InChI=1S/C14H22N2OS/c1-3-4-5-6-11-15-14(18)16-12-7-9-13(17-2)10-8-12/h7-10H,3-6,11H2,1-2H3,(H2,15,16,18). The summed E-state index contributed by atoms with van der Waals surface area (Å²) in [4.78, 5) is 0. The zero-order valence-electron chi connectivity index (χ0n) is 11.2. The van der Waals surface area contributed by atoms with Gasteiger partial charge in [-0.15, -0.1) is 0 Å². The highest BCUT2D eigenvalue weighted by molar-refractivity contribution is 7.80. The molecule has 1 aromatic rings. The van der Waals surface area contributed by atoms with Gasteiger partial charge in [0.15, 0.2) is 5.11 Å².